The molecular formula is C18H23N3O5S. The molecule has 0 fully saturated rings. The zero-order chi connectivity index (χ0) is 20.0. The van der Waals surface area contributed by atoms with Crippen molar-refractivity contribution in [3.8, 4) is 11.6 Å². The van der Waals surface area contributed by atoms with Crippen LogP contribution in [-0.2, 0) is 10.0 Å². The number of sulfonamides is 1. The fourth-order valence-electron chi connectivity index (χ4n) is 2.27. The lowest BCUT2D eigenvalue weighted by atomic mass is 10.2. The van der Waals surface area contributed by atoms with Gasteiger partial charge in [0.2, 0.25) is 15.9 Å². The molecule has 9 heteroatoms. The highest BCUT2D eigenvalue weighted by Crippen LogP contribution is 2.29. The molecule has 1 aromatic carbocycles. The number of anilines is 1. The molecule has 0 unspecified atom stereocenters. The number of ether oxygens (including phenoxy) is 2. The van der Waals surface area contributed by atoms with Crippen molar-refractivity contribution in [1.82, 2.24) is 9.29 Å². The number of pyridine rings is 1. The highest BCUT2D eigenvalue weighted by molar-refractivity contribution is 7.89. The van der Waals surface area contributed by atoms with Crippen LogP contribution < -0.4 is 14.8 Å². The Morgan fingerprint density at radius 2 is 1.85 bits per heavy atom. The van der Waals surface area contributed by atoms with E-state index in [0.29, 0.717) is 18.9 Å². The average Bonchev–Trinajstić information content (AvgIpc) is 2.63. The number of rotatable bonds is 8. The number of nitrogens with one attached hydrogen (secondary N) is 1. The fourth-order valence-corrected chi connectivity index (χ4v) is 3.32. The highest BCUT2D eigenvalue weighted by Gasteiger charge is 2.23. The number of carbonyl (C=O) groups excluding carboxylic acids is 1. The zero-order valence-electron chi connectivity index (χ0n) is 15.7. The Morgan fingerprint density at radius 3 is 2.48 bits per heavy atom. The molecule has 0 aliphatic rings. The standard InChI is InChI=1S/C18H23N3O5S/c1-5-25-15-10-9-13(12-16(15)27(23,24)21(3)4)20-17(22)14-8-7-11-19-18(14)26-6-2/h7-12H,5-6H2,1-4H3,(H,20,22). The Hall–Kier alpha value is -2.65. The second kappa shape index (κ2) is 8.83. The second-order valence-corrected chi connectivity index (χ2v) is 7.75. The first kappa shape index (κ1) is 20.7. The van der Waals surface area contributed by atoms with Gasteiger partial charge >= 0.3 is 0 Å². The molecule has 8 nitrogen and oxygen atoms in total. The molecule has 1 heterocycles. The summed E-state index contributed by atoms with van der Waals surface area (Å²) >= 11 is 0. The lowest BCUT2D eigenvalue weighted by Crippen LogP contribution is -2.23. The number of carbonyl (C=O) groups is 1. The van der Waals surface area contributed by atoms with Crippen LogP contribution in [0.4, 0.5) is 5.69 Å². The van der Waals surface area contributed by atoms with E-state index in [-0.39, 0.29) is 22.1 Å². The van der Waals surface area contributed by atoms with E-state index in [9.17, 15) is 13.2 Å². The van der Waals surface area contributed by atoms with Gasteiger partial charge in [0.05, 0.1) is 13.2 Å². The largest absolute Gasteiger partial charge is 0.492 e. The maximum absolute atomic E-state index is 12.6. The molecule has 0 spiro atoms. The Kier molecular flexibility index (Phi) is 6.75. The van der Waals surface area contributed by atoms with Gasteiger partial charge in [0.15, 0.2) is 0 Å². The molecule has 0 saturated carbocycles. The molecule has 0 aliphatic heterocycles. The van der Waals surface area contributed by atoms with Gasteiger partial charge in [0.1, 0.15) is 16.2 Å². The molecule has 0 saturated heterocycles. The molecule has 2 rings (SSSR count). The van der Waals surface area contributed by atoms with Crippen LogP contribution >= 0.6 is 0 Å². The van der Waals surface area contributed by atoms with Gasteiger partial charge in [-0.2, -0.15) is 0 Å². The van der Waals surface area contributed by atoms with Gasteiger partial charge in [0.25, 0.3) is 5.91 Å². The van der Waals surface area contributed by atoms with Crippen LogP contribution in [0.25, 0.3) is 0 Å². The topological polar surface area (TPSA) is 97.8 Å². The van der Waals surface area contributed by atoms with E-state index in [0.717, 1.165) is 4.31 Å². The predicted molar refractivity (Wildman–Crippen MR) is 102 cm³/mol. The third-order valence-corrected chi connectivity index (χ3v) is 5.39. The highest BCUT2D eigenvalue weighted by atomic mass is 32.2. The SMILES string of the molecule is CCOc1ccc(NC(=O)c2cccnc2OCC)cc1S(=O)(=O)N(C)C. The Morgan fingerprint density at radius 1 is 1.15 bits per heavy atom. The molecule has 146 valence electrons. The zero-order valence-corrected chi connectivity index (χ0v) is 16.5. The lowest BCUT2D eigenvalue weighted by Gasteiger charge is -2.17. The summed E-state index contributed by atoms with van der Waals surface area (Å²) in [5, 5.41) is 2.68. The molecule has 0 atom stereocenters. The lowest BCUT2D eigenvalue weighted by molar-refractivity contribution is 0.102. The summed E-state index contributed by atoms with van der Waals surface area (Å²) in [5.74, 6) is -0.0194. The predicted octanol–water partition coefficient (Wildman–Crippen LogP) is 2.38. The molecule has 1 aromatic heterocycles. The van der Waals surface area contributed by atoms with Gasteiger partial charge < -0.3 is 14.8 Å². The summed E-state index contributed by atoms with van der Waals surface area (Å²) < 4.78 is 37.0. The van der Waals surface area contributed by atoms with E-state index >= 15 is 0 Å². The first-order valence-electron chi connectivity index (χ1n) is 8.39. The minimum Gasteiger partial charge on any atom is -0.492 e. The number of hydrogen-bond acceptors (Lipinski definition) is 6. The van der Waals surface area contributed by atoms with E-state index in [1.165, 1.54) is 32.4 Å². The van der Waals surface area contributed by atoms with Gasteiger partial charge in [-0.05, 0) is 44.2 Å². The third kappa shape index (κ3) is 4.75. The summed E-state index contributed by atoms with van der Waals surface area (Å²) in [6, 6.07) is 7.67. The smallest absolute Gasteiger partial charge is 0.261 e. The van der Waals surface area contributed by atoms with Crippen LogP contribution in [0.15, 0.2) is 41.4 Å². The molecule has 1 amide bonds. The molecule has 2 aromatic rings. The summed E-state index contributed by atoms with van der Waals surface area (Å²) in [6.07, 6.45) is 1.53. The minimum atomic E-state index is -3.75. The first-order valence-corrected chi connectivity index (χ1v) is 9.83. The van der Waals surface area contributed by atoms with E-state index in [1.807, 2.05) is 0 Å². The monoisotopic (exact) mass is 393 g/mol. The van der Waals surface area contributed by atoms with E-state index < -0.39 is 15.9 Å². The Labute approximate surface area is 159 Å². The summed E-state index contributed by atoms with van der Waals surface area (Å²) in [4.78, 5) is 16.6. The van der Waals surface area contributed by atoms with Crippen molar-refractivity contribution < 1.29 is 22.7 Å². The number of benzene rings is 1. The number of nitrogens with zero attached hydrogens (tertiary/aromatic N) is 2. The quantitative estimate of drug-likeness (QED) is 0.739. The summed E-state index contributed by atoms with van der Waals surface area (Å²) in [6.45, 7) is 4.24. The van der Waals surface area contributed by atoms with Crippen molar-refractivity contribution in [3.63, 3.8) is 0 Å². The summed E-state index contributed by atoms with van der Waals surface area (Å²) in [5.41, 5.74) is 0.570. The summed E-state index contributed by atoms with van der Waals surface area (Å²) in [7, 11) is -0.888. The molecule has 27 heavy (non-hydrogen) atoms. The number of hydrogen-bond donors (Lipinski definition) is 1. The van der Waals surface area contributed by atoms with Gasteiger partial charge in [-0.1, -0.05) is 0 Å². The van der Waals surface area contributed by atoms with Crippen molar-refractivity contribution in [2.45, 2.75) is 18.7 Å². The Balaban J connectivity index is 2.39. The van der Waals surface area contributed by atoms with Crippen molar-refractivity contribution in [3.05, 3.63) is 42.1 Å². The molecule has 1 N–H and O–H groups in total. The van der Waals surface area contributed by atoms with Crippen LogP contribution in [0.2, 0.25) is 0 Å². The van der Waals surface area contributed by atoms with E-state index in [2.05, 4.69) is 10.3 Å². The number of aromatic nitrogens is 1. The minimum absolute atomic E-state index is 0.0247. The van der Waals surface area contributed by atoms with Crippen LogP contribution in [-0.4, -0.2) is 50.9 Å². The molecule has 0 radical (unpaired) electrons. The van der Waals surface area contributed by atoms with E-state index in [1.54, 1.807) is 32.0 Å². The maximum Gasteiger partial charge on any atom is 0.261 e. The number of amides is 1. The van der Waals surface area contributed by atoms with Crippen LogP contribution in [0.5, 0.6) is 11.6 Å². The van der Waals surface area contributed by atoms with E-state index in [4.69, 9.17) is 9.47 Å². The van der Waals surface area contributed by atoms with Crippen molar-refractivity contribution in [2.75, 3.05) is 32.6 Å². The van der Waals surface area contributed by atoms with Gasteiger partial charge in [-0.25, -0.2) is 17.7 Å². The molecule has 0 aliphatic carbocycles. The first-order chi connectivity index (χ1) is 12.8. The van der Waals surface area contributed by atoms with Crippen LogP contribution in [0, 0.1) is 0 Å². The van der Waals surface area contributed by atoms with Crippen molar-refractivity contribution in [1.29, 1.82) is 0 Å². The third-order valence-electron chi connectivity index (χ3n) is 3.56. The van der Waals surface area contributed by atoms with Crippen LogP contribution in [0.3, 0.4) is 0 Å². The second-order valence-electron chi connectivity index (χ2n) is 5.63. The molecular weight excluding hydrogens is 370 g/mol. The van der Waals surface area contributed by atoms with Crippen molar-refractivity contribution >= 4 is 21.6 Å². The fraction of sp³-hybridized carbons (Fsp3) is 0.333. The van der Waals surface area contributed by atoms with Gasteiger partial charge in [0, 0.05) is 26.0 Å². The maximum atomic E-state index is 12.6. The normalized spacial score (nSPS) is 11.3. The van der Waals surface area contributed by atoms with Gasteiger partial charge in [-0.3, -0.25) is 4.79 Å². The average molecular weight is 393 g/mol. The van der Waals surface area contributed by atoms with Gasteiger partial charge in [-0.15, -0.1) is 0 Å². The Bertz CT molecular complexity index is 913. The van der Waals surface area contributed by atoms with Crippen LogP contribution in [0.1, 0.15) is 24.2 Å². The van der Waals surface area contributed by atoms with Crippen molar-refractivity contribution in [2.24, 2.45) is 0 Å². The molecule has 0 bridgehead atoms.